The molecule has 1 rings (SSSR count). The van der Waals surface area contributed by atoms with Gasteiger partial charge in [0.05, 0.1) is 5.54 Å². The number of carbonyl (C=O) groups is 2. The number of thiophene rings is 1. The predicted molar refractivity (Wildman–Crippen MR) is 70.3 cm³/mol. The van der Waals surface area contributed by atoms with Crippen molar-refractivity contribution in [2.24, 2.45) is 5.73 Å². The molecule has 4 N–H and O–H groups in total. The summed E-state index contributed by atoms with van der Waals surface area (Å²) >= 11 is 1.29. The number of aliphatic carboxylic acids is 1. The van der Waals surface area contributed by atoms with Gasteiger partial charge in [-0.2, -0.15) is 0 Å². The van der Waals surface area contributed by atoms with Crippen LogP contribution < -0.4 is 11.1 Å². The van der Waals surface area contributed by atoms with Crippen molar-refractivity contribution in [3.63, 3.8) is 0 Å². The Labute approximate surface area is 110 Å². The molecule has 0 aromatic carbocycles. The van der Waals surface area contributed by atoms with E-state index in [-0.39, 0.29) is 0 Å². The average Bonchev–Trinajstić information content (AvgIpc) is 2.87. The second-order valence-corrected chi connectivity index (χ2v) is 5.10. The van der Waals surface area contributed by atoms with Gasteiger partial charge in [-0.1, -0.05) is 19.9 Å². The van der Waals surface area contributed by atoms with E-state index in [0.717, 1.165) is 0 Å². The maximum absolute atomic E-state index is 12.0. The number of hydrogen-bond donors (Lipinski definition) is 3. The molecular formula is C12H18N2O3S. The average molecular weight is 270 g/mol. The molecule has 0 aliphatic rings. The molecule has 1 unspecified atom stereocenters. The lowest BCUT2D eigenvalue weighted by Gasteiger charge is -2.27. The van der Waals surface area contributed by atoms with E-state index in [0.29, 0.717) is 17.7 Å². The molecule has 6 heteroatoms. The fourth-order valence-corrected chi connectivity index (χ4v) is 2.32. The molecule has 5 nitrogen and oxygen atoms in total. The number of carboxylic acids is 1. The Morgan fingerprint density at radius 2 is 2.11 bits per heavy atom. The summed E-state index contributed by atoms with van der Waals surface area (Å²) in [6.07, 6.45) is 0.929. The molecule has 100 valence electrons. The molecule has 0 aliphatic carbocycles. The minimum Gasteiger partial charge on any atom is -0.479 e. The van der Waals surface area contributed by atoms with Crippen LogP contribution in [0.4, 0.5) is 0 Å². The third kappa shape index (κ3) is 3.08. The summed E-state index contributed by atoms with van der Waals surface area (Å²) in [6, 6.07) is 2.40. The van der Waals surface area contributed by atoms with E-state index in [2.05, 4.69) is 5.32 Å². The van der Waals surface area contributed by atoms with Crippen LogP contribution in [0.15, 0.2) is 17.5 Å². The van der Waals surface area contributed by atoms with Crippen LogP contribution in [-0.4, -0.2) is 22.5 Å². The van der Waals surface area contributed by atoms with Crippen molar-refractivity contribution < 1.29 is 14.7 Å². The number of nitrogens with one attached hydrogen (secondary N) is 1. The Morgan fingerprint density at radius 3 is 2.50 bits per heavy atom. The van der Waals surface area contributed by atoms with Crippen molar-refractivity contribution >= 4 is 23.2 Å². The molecule has 1 heterocycles. The van der Waals surface area contributed by atoms with Crippen molar-refractivity contribution in [3.8, 4) is 0 Å². The number of carbonyl (C=O) groups excluding carboxylic acids is 1. The third-order valence-corrected chi connectivity index (χ3v) is 4.00. The van der Waals surface area contributed by atoms with Crippen LogP contribution in [0, 0.1) is 0 Å². The van der Waals surface area contributed by atoms with Crippen LogP contribution in [-0.2, 0) is 9.59 Å². The number of hydrogen-bond acceptors (Lipinski definition) is 4. The van der Waals surface area contributed by atoms with E-state index in [1.54, 1.807) is 17.5 Å². The number of nitrogens with two attached hydrogens (primary N) is 1. The quantitative estimate of drug-likeness (QED) is 0.730. The maximum atomic E-state index is 12.0. The summed E-state index contributed by atoms with van der Waals surface area (Å²) in [7, 11) is 0. The topological polar surface area (TPSA) is 92.4 Å². The summed E-state index contributed by atoms with van der Waals surface area (Å²) in [5, 5.41) is 13.4. The van der Waals surface area contributed by atoms with Gasteiger partial charge in [-0.25, -0.2) is 4.79 Å². The van der Waals surface area contributed by atoms with Gasteiger partial charge >= 0.3 is 5.97 Å². The SMILES string of the molecule is CCC(N)(CC)C(=O)NC(C(=O)O)c1cccs1. The van der Waals surface area contributed by atoms with Gasteiger partial charge < -0.3 is 16.2 Å². The highest BCUT2D eigenvalue weighted by Crippen LogP contribution is 2.21. The zero-order valence-electron chi connectivity index (χ0n) is 10.5. The molecule has 1 aromatic rings. The highest BCUT2D eigenvalue weighted by Gasteiger charge is 2.33. The van der Waals surface area contributed by atoms with Crippen molar-refractivity contribution in [1.82, 2.24) is 5.32 Å². The Hall–Kier alpha value is -1.40. The lowest BCUT2D eigenvalue weighted by Crippen LogP contribution is -2.54. The van der Waals surface area contributed by atoms with Gasteiger partial charge in [-0.3, -0.25) is 4.79 Å². The monoisotopic (exact) mass is 270 g/mol. The number of rotatable bonds is 6. The summed E-state index contributed by atoms with van der Waals surface area (Å²) < 4.78 is 0. The molecule has 1 amide bonds. The van der Waals surface area contributed by atoms with Crippen molar-refractivity contribution in [2.75, 3.05) is 0 Å². The minimum absolute atomic E-state index is 0.423. The molecule has 1 aromatic heterocycles. The number of carboxylic acid groups (broad SMARTS) is 1. The van der Waals surface area contributed by atoms with Crippen molar-refractivity contribution in [3.05, 3.63) is 22.4 Å². The zero-order valence-corrected chi connectivity index (χ0v) is 11.3. The normalized spacial score (nSPS) is 13.1. The van der Waals surface area contributed by atoms with E-state index in [9.17, 15) is 9.59 Å². The third-order valence-electron chi connectivity index (χ3n) is 3.06. The highest BCUT2D eigenvalue weighted by molar-refractivity contribution is 7.10. The Morgan fingerprint density at radius 1 is 1.50 bits per heavy atom. The van der Waals surface area contributed by atoms with Crippen LogP contribution in [0.5, 0.6) is 0 Å². The Kier molecular flexibility index (Phi) is 4.86. The molecule has 0 saturated carbocycles. The lowest BCUT2D eigenvalue weighted by molar-refractivity contribution is -0.142. The fourth-order valence-electron chi connectivity index (χ4n) is 1.56. The van der Waals surface area contributed by atoms with Crippen LogP contribution in [0.25, 0.3) is 0 Å². The number of amides is 1. The van der Waals surface area contributed by atoms with E-state index in [1.165, 1.54) is 11.3 Å². The summed E-state index contributed by atoms with van der Waals surface area (Å²) in [6.45, 7) is 3.62. The van der Waals surface area contributed by atoms with Crippen LogP contribution in [0.2, 0.25) is 0 Å². The summed E-state index contributed by atoms with van der Waals surface area (Å²) in [4.78, 5) is 23.8. The van der Waals surface area contributed by atoms with Crippen LogP contribution >= 0.6 is 11.3 Å². The lowest BCUT2D eigenvalue weighted by atomic mass is 9.93. The van der Waals surface area contributed by atoms with Crippen molar-refractivity contribution in [2.45, 2.75) is 38.3 Å². The second-order valence-electron chi connectivity index (χ2n) is 4.12. The predicted octanol–water partition coefficient (Wildman–Crippen LogP) is 1.51. The standard InChI is InChI=1S/C12H18N2O3S/c1-3-12(13,4-2)11(17)14-9(10(15)16)8-6-5-7-18-8/h5-7,9H,3-4,13H2,1-2H3,(H,14,17)(H,15,16). The smallest absolute Gasteiger partial charge is 0.331 e. The van der Waals surface area contributed by atoms with E-state index >= 15 is 0 Å². The molecule has 18 heavy (non-hydrogen) atoms. The summed E-state index contributed by atoms with van der Waals surface area (Å²) in [5.41, 5.74) is 4.93. The van der Waals surface area contributed by atoms with Gasteiger partial charge in [-0.05, 0) is 24.3 Å². The molecule has 1 atom stereocenters. The van der Waals surface area contributed by atoms with E-state index < -0.39 is 23.5 Å². The van der Waals surface area contributed by atoms with Gasteiger partial charge in [-0.15, -0.1) is 11.3 Å². The molecular weight excluding hydrogens is 252 g/mol. The first-order valence-electron chi connectivity index (χ1n) is 5.80. The second kappa shape index (κ2) is 5.97. The first-order chi connectivity index (χ1) is 8.44. The first-order valence-corrected chi connectivity index (χ1v) is 6.68. The molecule has 0 bridgehead atoms. The van der Waals surface area contributed by atoms with Crippen LogP contribution in [0.1, 0.15) is 37.6 Å². The van der Waals surface area contributed by atoms with Gasteiger partial charge in [0.25, 0.3) is 0 Å². The molecule has 0 fully saturated rings. The largest absolute Gasteiger partial charge is 0.479 e. The van der Waals surface area contributed by atoms with Crippen molar-refractivity contribution in [1.29, 1.82) is 0 Å². The molecule has 0 spiro atoms. The van der Waals surface area contributed by atoms with Gasteiger partial charge in [0.2, 0.25) is 5.91 Å². The zero-order chi connectivity index (χ0) is 13.8. The van der Waals surface area contributed by atoms with Gasteiger partial charge in [0.1, 0.15) is 0 Å². The first kappa shape index (κ1) is 14.7. The fraction of sp³-hybridized carbons (Fsp3) is 0.500. The maximum Gasteiger partial charge on any atom is 0.331 e. The molecule has 0 aliphatic heterocycles. The van der Waals surface area contributed by atoms with Crippen LogP contribution in [0.3, 0.4) is 0 Å². The van der Waals surface area contributed by atoms with E-state index in [4.69, 9.17) is 10.8 Å². The van der Waals surface area contributed by atoms with E-state index in [1.807, 2.05) is 13.8 Å². The summed E-state index contributed by atoms with van der Waals surface area (Å²) in [5.74, 6) is -1.51. The Bertz CT molecular complexity index is 413. The van der Waals surface area contributed by atoms with Gasteiger partial charge in [0.15, 0.2) is 6.04 Å². The minimum atomic E-state index is -1.08. The molecule has 0 radical (unpaired) electrons. The molecule has 0 saturated heterocycles. The Balaban J connectivity index is 2.86. The highest BCUT2D eigenvalue weighted by atomic mass is 32.1. The van der Waals surface area contributed by atoms with Gasteiger partial charge in [0, 0.05) is 4.88 Å².